The minimum absolute atomic E-state index is 0.229. The summed E-state index contributed by atoms with van der Waals surface area (Å²) in [5.74, 6) is -1.82. The van der Waals surface area contributed by atoms with Crippen molar-refractivity contribution in [1.82, 2.24) is 0 Å². The van der Waals surface area contributed by atoms with Gasteiger partial charge in [0.05, 0.1) is 11.2 Å². The van der Waals surface area contributed by atoms with Gasteiger partial charge in [0.25, 0.3) is 0 Å². The summed E-state index contributed by atoms with van der Waals surface area (Å²) in [6.07, 6.45) is 1.25. The van der Waals surface area contributed by atoms with Crippen LogP contribution in [-0.2, 0) is 9.31 Å². The van der Waals surface area contributed by atoms with E-state index in [1.807, 2.05) is 27.7 Å². The number of benzene rings is 1. The normalized spacial score (nSPS) is 18.4. The van der Waals surface area contributed by atoms with Gasteiger partial charge in [-0.1, -0.05) is 20.3 Å². The molecule has 0 aliphatic carbocycles. The Hall–Kier alpha value is -1.45. The summed E-state index contributed by atoms with van der Waals surface area (Å²) in [6.45, 7) is 11.7. The minimum atomic E-state index is -0.910. The molecule has 0 spiro atoms. The molecule has 1 aromatic rings. The molecule has 0 amide bonds. The third-order valence-corrected chi connectivity index (χ3v) is 3.70. The minimum Gasteiger partial charge on any atom is -0.399 e. The monoisotopic (exact) mass is 309 g/mol. The molecule has 1 fully saturated rings. The van der Waals surface area contributed by atoms with Crippen LogP contribution in [0.1, 0.15) is 53.5 Å². The Balaban J connectivity index is 0.000000745. The molecular formula is C16H22BF2NO2. The van der Waals surface area contributed by atoms with Crippen molar-refractivity contribution in [3.05, 3.63) is 29.3 Å². The Kier molecular flexibility index (Phi) is 5.72. The van der Waals surface area contributed by atoms with Crippen molar-refractivity contribution in [3.63, 3.8) is 0 Å². The van der Waals surface area contributed by atoms with Gasteiger partial charge in [0.15, 0.2) is 0 Å². The van der Waals surface area contributed by atoms with Gasteiger partial charge in [0.2, 0.25) is 0 Å². The Labute approximate surface area is 131 Å². The van der Waals surface area contributed by atoms with E-state index in [9.17, 15) is 8.78 Å². The first kappa shape index (κ1) is 18.6. The van der Waals surface area contributed by atoms with Crippen molar-refractivity contribution in [2.24, 2.45) is 0 Å². The van der Waals surface area contributed by atoms with Crippen molar-refractivity contribution in [2.75, 3.05) is 0 Å². The summed E-state index contributed by atoms with van der Waals surface area (Å²) in [6, 6.07) is 3.63. The van der Waals surface area contributed by atoms with Gasteiger partial charge in [0.1, 0.15) is 23.3 Å². The van der Waals surface area contributed by atoms with Gasteiger partial charge >= 0.3 is 7.12 Å². The van der Waals surface area contributed by atoms with Crippen LogP contribution in [0.15, 0.2) is 12.1 Å². The fourth-order valence-electron chi connectivity index (χ4n) is 1.81. The van der Waals surface area contributed by atoms with Crippen molar-refractivity contribution in [1.29, 1.82) is 5.26 Å². The summed E-state index contributed by atoms with van der Waals surface area (Å²) in [4.78, 5) is 0. The average molecular weight is 309 g/mol. The average Bonchev–Trinajstić information content (AvgIpc) is 2.59. The molecule has 120 valence electrons. The van der Waals surface area contributed by atoms with Gasteiger partial charge in [-0.2, -0.15) is 5.26 Å². The van der Waals surface area contributed by atoms with Crippen molar-refractivity contribution in [3.8, 4) is 6.07 Å². The van der Waals surface area contributed by atoms with Crippen LogP contribution in [0.4, 0.5) is 8.78 Å². The molecular weight excluding hydrogens is 287 g/mol. The predicted molar refractivity (Wildman–Crippen MR) is 82.8 cm³/mol. The van der Waals surface area contributed by atoms with E-state index in [-0.39, 0.29) is 5.46 Å². The molecule has 1 aliphatic heterocycles. The van der Waals surface area contributed by atoms with Gasteiger partial charge in [-0.05, 0) is 45.3 Å². The molecule has 0 atom stereocenters. The summed E-state index contributed by atoms with van der Waals surface area (Å²) < 4.78 is 38.5. The molecule has 1 saturated heterocycles. The zero-order valence-corrected chi connectivity index (χ0v) is 14.0. The standard InChI is InChI=1S/C13H14BF2NO2.C3H8/c1-12(2)13(3,4)19-14(18-12)8-5-10(15)9(7-17)11(16)6-8;1-3-2/h5-6H,1-4H3;3H2,1-2H3. The molecule has 3 nitrogen and oxygen atoms in total. The highest BCUT2D eigenvalue weighted by molar-refractivity contribution is 6.62. The summed E-state index contributed by atoms with van der Waals surface area (Å²) in [7, 11) is -0.846. The second-order valence-electron chi connectivity index (χ2n) is 6.27. The van der Waals surface area contributed by atoms with E-state index in [1.165, 1.54) is 12.5 Å². The summed E-state index contributed by atoms with van der Waals surface area (Å²) in [5.41, 5.74) is -1.54. The van der Waals surface area contributed by atoms with Crippen LogP contribution in [-0.4, -0.2) is 18.3 Å². The van der Waals surface area contributed by atoms with E-state index in [4.69, 9.17) is 14.6 Å². The second kappa shape index (κ2) is 6.76. The molecule has 0 aromatic heterocycles. The molecule has 1 aliphatic rings. The van der Waals surface area contributed by atoms with E-state index in [0.29, 0.717) is 0 Å². The van der Waals surface area contributed by atoms with Crippen LogP contribution in [0.2, 0.25) is 0 Å². The van der Waals surface area contributed by atoms with Crippen LogP contribution in [0.3, 0.4) is 0 Å². The molecule has 0 N–H and O–H groups in total. The van der Waals surface area contributed by atoms with Gasteiger partial charge in [-0.25, -0.2) is 8.78 Å². The zero-order valence-electron chi connectivity index (χ0n) is 14.0. The Morgan fingerprint density at radius 3 is 1.73 bits per heavy atom. The van der Waals surface area contributed by atoms with Crippen LogP contribution in [0.5, 0.6) is 0 Å². The molecule has 0 unspecified atom stereocenters. The van der Waals surface area contributed by atoms with Crippen molar-refractivity contribution >= 4 is 12.6 Å². The maximum absolute atomic E-state index is 13.6. The fraction of sp³-hybridized carbons (Fsp3) is 0.562. The molecule has 1 heterocycles. The molecule has 0 bridgehead atoms. The molecule has 6 heteroatoms. The highest BCUT2D eigenvalue weighted by atomic mass is 19.1. The molecule has 0 saturated carbocycles. The molecule has 0 radical (unpaired) electrons. The lowest BCUT2D eigenvalue weighted by Crippen LogP contribution is -2.41. The highest BCUT2D eigenvalue weighted by Crippen LogP contribution is 2.36. The smallest absolute Gasteiger partial charge is 0.399 e. The number of rotatable bonds is 1. The Morgan fingerprint density at radius 2 is 1.41 bits per heavy atom. The predicted octanol–water partition coefficient (Wildman–Crippen LogP) is 3.55. The lowest BCUT2D eigenvalue weighted by atomic mass is 9.78. The van der Waals surface area contributed by atoms with Crippen molar-refractivity contribution in [2.45, 2.75) is 59.2 Å². The second-order valence-corrected chi connectivity index (χ2v) is 6.27. The maximum Gasteiger partial charge on any atom is 0.495 e. The number of hydrogen-bond acceptors (Lipinski definition) is 3. The van der Waals surface area contributed by atoms with E-state index in [0.717, 1.165) is 12.1 Å². The SMILES string of the molecule is CC1(C)OB(c2cc(F)c(C#N)c(F)c2)OC1(C)C.CCC. The lowest BCUT2D eigenvalue weighted by Gasteiger charge is -2.32. The first-order chi connectivity index (χ1) is 10.1. The van der Waals surface area contributed by atoms with Gasteiger partial charge in [-0.3, -0.25) is 0 Å². The van der Waals surface area contributed by atoms with E-state index >= 15 is 0 Å². The zero-order chi connectivity index (χ0) is 17.1. The maximum atomic E-state index is 13.6. The quantitative estimate of drug-likeness (QED) is 0.745. The lowest BCUT2D eigenvalue weighted by molar-refractivity contribution is 0.00578. The van der Waals surface area contributed by atoms with Crippen LogP contribution < -0.4 is 5.46 Å². The van der Waals surface area contributed by atoms with Gasteiger partial charge < -0.3 is 9.31 Å². The molecule has 22 heavy (non-hydrogen) atoms. The number of hydrogen-bond donors (Lipinski definition) is 0. The van der Waals surface area contributed by atoms with E-state index < -0.39 is 35.5 Å². The fourth-order valence-corrected chi connectivity index (χ4v) is 1.81. The number of nitriles is 1. The topological polar surface area (TPSA) is 42.2 Å². The van der Waals surface area contributed by atoms with Gasteiger partial charge in [-0.15, -0.1) is 0 Å². The summed E-state index contributed by atoms with van der Waals surface area (Å²) >= 11 is 0. The third kappa shape index (κ3) is 3.65. The Morgan fingerprint density at radius 1 is 1.05 bits per heavy atom. The Bertz CT molecular complexity index is 543. The highest BCUT2D eigenvalue weighted by Gasteiger charge is 2.51. The first-order valence-electron chi connectivity index (χ1n) is 7.34. The molecule has 2 rings (SSSR count). The number of nitrogens with zero attached hydrogens (tertiary/aromatic N) is 1. The third-order valence-electron chi connectivity index (χ3n) is 3.70. The molecule has 1 aromatic carbocycles. The van der Waals surface area contributed by atoms with E-state index in [1.54, 1.807) is 0 Å². The van der Waals surface area contributed by atoms with Gasteiger partial charge in [0, 0.05) is 0 Å². The van der Waals surface area contributed by atoms with Crippen LogP contribution in [0, 0.1) is 23.0 Å². The summed E-state index contributed by atoms with van der Waals surface area (Å²) in [5, 5.41) is 8.63. The van der Waals surface area contributed by atoms with Crippen LogP contribution >= 0.6 is 0 Å². The first-order valence-corrected chi connectivity index (χ1v) is 7.34. The van der Waals surface area contributed by atoms with Crippen molar-refractivity contribution < 1.29 is 18.1 Å². The number of halogens is 2. The van der Waals surface area contributed by atoms with Crippen LogP contribution in [0.25, 0.3) is 0 Å². The van der Waals surface area contributed by atoms with E-state index in [2.05, 4.69) is 13.8 Å². The largest absolute Gasteiger partial charge is 0.495 e.